The van der Waals surface area contributed by atoms with Gasteiger partial charge in [0.25, 0.3) is 0 Å². The molecule has 0 bridgehead atoms. The van der Waals surface area contributed by atoms with Gasteiger partial charge in [0.15, 0.2) is 18.1 Å². The summed E-state index contributed by atoms with van der Waals surface area (Å²) in [6.45, 7) is 6.02. The molecule has 1 amide bonds. The molecule has 0 radical (unpaired) electrons. The zero-order valence-corrected chi connectivity index (χ0v) is 48.1. The minimum atomic E-state index is -0.628. The lowest BCUT2D eigenvalue weighted by Crippen LogP contribution is -2.47. The van der Waals surface area contributed by atoms with Crippen LogP contribution in [-0.4, -0.2) is 113 Å². The van der Waals surface area contributed by atoms with Gasteiger partial charge in [-0.15, -0.1) is 22.7 Å². The van der Waals surface area contributed by atoms with Gasteiger partial charge in [0.1, 0.15) is 11.5 Å². The van der Waals surface area contributed by atoms with Gasteiger partial charge in [-0.1, -0.05) is 58.5 Å². The van der Waals surface area contributed by atoms with Gasteiger partial charge in [-0.2, -0.15) is 9.98 Å². The molecule has 1 unspecified atom stereocenters. The Labute approximate surface area is 488 Å². The molecule has 4 aromatic carbocycles. The molecule has 8 rings (SSSR count). The van der Waals surface area contributed by atoms with Crippen LogP contribution >= 0.6 is 69.1 Å². The molecular formula is C56H64Cl4N12O5S2. The van der Waals surface area contributed by atoms with E-state index in [0.29, 0.717) is 81.5 Å². The summed E-state index contributed by atoms with van der Waals surface area (Å²) in [5, 5.41) is 10.5. The Morgan fingerprint density at radius 1 is 0.658 bits per heavy atom. The van der Waals surface area contributed by atoms with Crippen LogP contribution in [0, 0.1) is 0 Å². The molecule has 0 aliphatic carbocycles. The minimum Gasteiger partial charge on any atom is -0.494 e. The standard InChI is InChI=1S/C56H64Cl4N12O5S2/c57-44-15-5-36(30-46(44)59)32-70-24-19-40(20-25-70)65-50(4-3-29-76-43-13-9-39(10-14-43)49-35-79-56(67-49)69-54(63)64)77-52(74)18-17-51(73)72(41-21-26-71(27-22-41)33-37-6-16-45(58)47(60)31-37)23-1-2-28-75-42-11-7-38(8-12-42)48-34-78-55(66-48)68-53(61)62/h5-18,30-31,34-35,40-41,50,65H,1-4,19-29,32-33H2,(H4,61,62,66,68)(H4,63,64,67,69)/b18-17+. The van der Waals surface area contributed by atoms with Crippen molar-refractivity contribution in [1.82, 2.24) is 30.0 Å². The van der Waals surface area contributed by atoms with Crippen molar-refractivity contribution in [2.75, 3.05) is 45.9 Å². The van der Waals surface area contributed by atoms with Gasteiger partial charge in [-0.05, 0) is 142 Å². The van der Waals surface area contributed by atoms with E-state index >= 15 is 0 Å². The Morgan fingerprint density at radius 2 is 1.15 bits per heavy atom. The molecule has 2 aliphatic heterocycles. The molecular weight excluding hydrogens is 1130 g/mol. The number of nitrogens with two attached hydrogens (primary N) is 4. The van der Waals surface area contributed by atoms with E-state index in [-0.39, 0.29) is 29.9 Å². The molecule has 2 aromatic heterocycles. The van der Waals surface area contributed by atoms with Crippen molar-refractivity contribution in [3.8, 4) is 34.0 Å². The Kier molecular flexibility index (Phi) is 22.0. The van der Waals surface area contributed by atoms with Crippen LogP contribution in [0.2, 0.25) is 20.1 Å². The summed E-state index contributed by atoms with van der Waals surface area (Å²) in [5.74, 6) is 0.466. The first-order valence-electron chi connectivity index (χ1n) is 26.0. The lowest BCUT2D eigenvalue weighted by molar-refractivity contribution is -0.146. The van der Waals surface area contributed by atoms with Gasteiger partial charge in [-0.25, -0.2) is 14.8 Å². The third kappa shape index (κ3) is 18.5. The Balaban J connectivity index is 0.874. The molecule has 418 valence electrons. The number of likely N-dealkylation sites (tertiary alicyclic amines) is 2. The number of hydrogen-bond donors (Lipinski definition) is 5. The molecule has 0 spiro atoms. The highest BCUT2D eigenvalue weighted by Crippen LogP contribution is 2.31. The van der Waals surface area contributed by atoms with Crippen LogP contribution in [0.3, 0.4) is 0 Å². The number of aromatic nitrogens is 2. The van der Waals surface area contributed by atoms with Crippen molar-refractivity contribution in [2.24, 2.45) is 32.9 Å². The number of benzene rings is 4. The van der Waals surface area contributed by atoms with E-state index in [1.54, 1.807) is 0 Å². The van der Waals surface area contributed by atoms with Crippen LogP contribution in [0.15, 0.2) is 118 Å². The number of piperidine rings is 2. The van der Waals surface area contributed by atoms with Crippen molar-refractivity contribution in [3.63, 3.8) is 0 Å². The number of unbranched alkanes of at least 4 members (excludes halogenated alkanes) is 1. The summed E-state index contributed by atoms with van der Waals surface area (Å²) in [6, 6.07) is 26.8. The summed E-state index contributed by atoms with van der Waals surface area (Å²) < 4.78 is 18.4. The number of nitrogens with one attached hydrogen (secondary N) is 1. The lowest BCUT2D eigenvalue weighted by Gasteiger charge is -2.38. The highest BCUT2D eigenvalue weighted by Gasteiger charge is 2.28. The van der Waals surface area contributed by atoms with E-state index in [4.69, 9.17) is 83.5 Å². The molecule has 17 nitrogen and oxygen atoms in total. The summed E-state index contributed by atoms with van der Waals surface area (Å²) in [4.78, 5) is 51.6. The molecule has 23 heteroatoms. The molecule has 6 aromatic rings. The van der Waals surface area contributed by atoms with Crippen molar-refractivity contribution in [1.29, 1.82) is 0 Å². The zero-order chi connectivity index (χ0) is 55.7. The first kappa shape index (κ1) is 59.1. The van der Waals surface area contributed by atoms with E-state index in [2.05, 4.69) is 35.1 Å². The summed E-state index contributed by atoms with van der Waals surface area (Å²) in [6.07, 6.45) is 7.64. The first-order valence-corrected chi connectivity index (χ1v) is 29.3. The van der Waals surface area contributed by atoms with E-state index < -0.39 is 12.2 Å². The number of hydrogen-bond acceptors (Lipinski definition) is 14. The van der Waals surface area contributed by atoms with Gasteiger partial charge >= 0.3 is 5.97 Å². The monoisotopic (exact) mass is 1190 g/mol. The van der Waals surface area contributed by atoms with E-state index in [1.165, 1.54) is 34.8 Å². The maximum Gasteiger partial charge on any atom is 0.332 e. The third-order valence-corrected chi connectivity index (χ3v) is 16.3. The number of esters is 1. The number of aliphatic imine (C=N–C) groups is 2. The van der Waals surface area contributed by atoms with Crippen molar-refractivity contribution in [2.45, 2.75) is 82.8 Å². The maximum absolute atomic E-state index is 14.2. The fourth-order valence-corrected chi connectivity index (χ4v) is 11.4. The number of halogens is 4. The van der Waals surface area contributed by atoms with E-state index in [9.17, 15) is 9.59 Å². The predicted octanol–water partition coefficient (Wildman–Crippen LogP) is 10.5. The average molecular weight is 1190 g/mol. The number of rotatable bonds is 25. The van der Waals surface area contributed by atoms with Crippen molar-refractivity contribution >= 4 is 103 Å². The number of carbonyl (C=O) groups excluding carboxylic acids is 2. The predicted molar refractivity (Wildman–Crippen MR) is 319 cm³/mol. The van der Waals surface area contributed by atoms with Gasteiger partial charge < -0.3 is 42.0 Å². The topological polar surface area (TPSA) is 238 Å². The van der Waals surface area contributed by atoms with Crippen LogP contribution in [-0.2, 0) is 27.4 Å². The molecule has 4 heterocycles. The van der Waals surface area contributed by atoms with Crippen LogP contribution in [0.5, 0.6) is 11.5 Å². The summed E-state index contributed by atoms with van der Waals surface area (Å²) in [7, 11) is 0. The second-order valence-corrected chi connectivity index (χ2v) is 22.5. The number of carbonyl (C=O) groups is 2. The second-order valence-electron chi connectivity index (χ2n) is 19.2. The SMILES string of the molecule is NC(N)=Nc1nc(-c2ccc(OCCCCN(C(=O)/C=C/C(=O)OC(CCCOc3ccc(-c4csc(N=C(N)N)n4)cc3)NC3CCN(Cc4ccc(Cl)c(Cl)c4)CC3)C3CCN(Cc4ccc(Cl)c(Cl)c4)CC3)cc2)cs1. The highest BCUT2D eigenvalue weighted by atomic mass is 35.5. The van der Waals surface area contributed by atoms with E-state index in [1.807, 2.05) is 101 Å². The molecule has 0 saturated carbocycles. The molecule has 1 atom stereocenters. The summed E-state index contributed by atoms with van der Waals surface area (Å²) >= 11 is 27.7. The molecule has 2 aliphatic rings. The average Bonchev–Trinajstić information content (AvgIpc) is 4.13. The largest absolute Gasteiger partial charge is 0.494 e. The molecule has 2 saturated heterocycles. The number of guanidine groups is 2. The van der Waals surface area contributed by atoms with Crippen LogP contribution in [0.4, 0.5) is 10.3 Å². The molecule has 9 N–H and O–H groups in total. The number of nitrogens with zero attached hydrogens (tertiary/aromatic N) is 7. The Morgan fingerprint density at radius 3 is 1.65 bits per heavy atom. The second kappa shape index (κ2) is 29.5. The fraction of sp³-hybridized carbons (Fsp3) is 0.357. The zero-order valence-electron chi connectivity index (χ0n) is 43.5. The normalized spacial score (nSPS) is 14.9. The minimum absolute atomic E-state index is 0.0332. The number of amides is 1. The van der Waals surface area contributed by atoms with Crippen LogP contribution < -0.4 is 37.7 Å². The van der Waals surface area contributed by atoms with Gasteiger partial charge in [-0.3, -0.25) is 19.9 Å². The fourth-order valence-electron chi connectivity index (χ4n) is 9.36. The van der Waals surface area contributed by atoms with Crippen LogP contribution in [0.25, 0.3) is 22.5 Å². The van der Waals surface area contributed by atoms with Crippen molar-refractivity contribution in [3.05, 3.63) is 139 Å². The van der Waals surface area contributed by atoms with E-state index in [0.717, 1.165) is 104 Å². The Hall–Kier alpha value is -6.00. The number of thiazole rings is 2. The maximum atomic E-state index is 14.2. The first-order chi connectivity index (χ1) is 38.2. The van der Waals surface area contributed by atoms with Gasteiger partial charge in [0, 0.05) is 85.3 Å². The quantitative estimate of drug-likeness (QED) is 0.00895. The third-order valence-electron chi connectivity index (χ3n) is 13.4. The van der Waals surface area contributed by atoms with Crippen molar-refractivity contribution < 1.29 is 23.8 Å². The van der Waals surface area contributed by atoms with Crippen LogP contribution in [0.1, 0.15) is 62.5 Å². The number of ether oxygens (including phenoxy) is 3. The highest BCUT2D eigenvalue weighted by molar-refractivity contribution is 7.14. The smallest absolute Gasteiger partial charge is 0.332 e. The van der Waals surface area contributed by atoms with Gasteiger partial charge in [0.05, 0.1) is 44.7 Å². The molecule has 79 heavy (non-hydrogen) atoms. The summed E-state index contributed by atoms with van der Waals surface area (Å²) in [5.41, 5.74) is 27.6. The van der Waals surface area contributed by atoms with Gasteiger partial charge in [0.2, 0.25) is 16.2 Å². The molecule has 2 fully saturated rings. The lowest BCUT2D eigenvalue weighted by atomic mass is 10.0. The Bertz CT molecular complexity index is 3050.